The van der Waals surface area contributed by atoms with Gasteiger partial charge in [-0.2, -0.15) is 0 Å². The van der Waals surface area contributed by atoms with Crippen LogP contribution in [0.15, 0.2) is 39.5 Å². The molecule has 1 atom stereocenters. The van der Waals surface area contributed by atoms with Crippen LogP contribution in [0.1, 0.15) is 6.92 Å². The van der Waals surface area contributed by atoms with E-state index < -0.39 is 16.9 Å². The number of amides is 1. The van der Waals surface area contributed by atoms with E-state index in [0.29, 0.717) is 5.58 Å². The van der Waals surface area contributed by atoms with Gasteiger partial charge in [-0.15, -0.1) is 11.6 Å². The maximum Gasteiger partial charge on any atom is 0.360 e. The molecule has 88 valence electrons. The Balaban J connectivity index is 2.44. The number of nitrogens with one attached hydrogen (secondary N) is 1. The molecule has 0 aliphatic rings. The Hall–Kier alpha value is -1.81. The molecule has 0 radical (unpaired) electrons. The summed E-state index contributed by atoms with van der Waals surface area (Å²) in [6, 6.07) is 8.63. The molecule has 5 heteroatoms. The summed E-state index contributed by atoms with van der Waals surface area (Å²) in [5.74, 6) is -0.436. The number of carbonyl (C=O) groups is 1. The van der Waals surface area contributed by atoms with Crippen LogP contribution in [0.25, 0.3) is 11.0 Å². The van der Waals surface area contributed by atoms with Crippen LogP contribution in [0.2, 0.25) is 0 Å². The minimum Gasteiger partial charge on any atom is -0.421 e. The fourth-order valence-electron chi connectivity index (χ4n) is 1.38. The van der Waals surface area contributed by atoms with Crippen molar-refractivity contribution in [1.29, 1.82) is 0 Å². The topological polar surface area (TPSA) is 59.3 Å². The predicted molar refractivity (Wildman–Crippen MR) is 66.4 cm³/mol. The first-order valence-corrected chi connectivity index (χ1v) is 5.49. The predicted octanol–water partition coefficient (Wildman–Crippen LogP) is 2.36. The molecule has 1 amide bonds. The number of carbonyl (C=O) groups excluding carboxylic acids is 1. The van der Waals surface area contributed by atoms with Gasteiger partial charge < -0.3 is 9.73 Å². The van der Waals surface area contributed by atoms with Gasteiger partial charge in [0.1, 0.15) is 16.6 Å². The van der Waals surface area contributed by atoms with Gasteiger partial charge in [0.25, 0.3) is 0 Å². The highest BCUT2D eigenvalue weighted by molar-refractivity contribution is 6.32. The lowest BCUT2D eigenvalue weighted by Gasteiger charge is -2.05. The lowest BCUT2D eigenvalue weighted by atomic mass is 10.2. The zero-order valence-corrected chi connectivity index (χ0v) is 9.82. The highest BCUT2D eigenvalue weighted by atomic mass is 35.5. The van der Waals surface area contributed by atoms with E-state index in [-0.39, 0.29) is 5.69 Å². The van der Waals surface area contributed by atoms with Crippen LogP contribution < -0.4 is 10.9 Å². The summed E-state index contributed by atoms with van der Waals surface area (Å²) in [6.07, 6.45) is 0. The van der Waals surface area contributed by atoms with Gasteiger partial charge in [0.2, 0.25) is 5.91 Å². The molecule has 1 aromatic carbocycles. The molecule has 0 spiro atoms. The van der Waals surface area contributed by atoms with Crippen molar-refractivity contribution >= 4 is 34.2 Å². The SMILES string of the molecule is C[C@H](Cl)C(=O)Nc1cc2ccccc2oc1=O. The molecule has 17 heavy (non-hydrogen) atoms. The molecule has 4 nitrogen and oxygen atoms in total. The van der Waals surface area contributed by atoms with Gasteiger partial charge in [0.05, 0.1) is 0 Å². The molecular formula is C12H10ClNO3. The van der Waals surface area contributed by atoms with Crippen molar-refractivity contribution in [3.05, 3.63) is 40.8 Å². The Bertz CT molecular complexity index is 618. The highest BCUT2D eigenvalue weighted by Crippen LogP contribution is 2.15. The van der Waals surface area contributed by atoms with Crippen molar-refractivity contribution in [2.75, 3.05) is 5.32 Å². The van der Waals surface area contributed by atoms with E-state index in [0.717, 1.165) is 5.39 Å². The molecule has 0 aliphatic heterocycles. The Morgan fingerprint density at radius 2 is 2.12 bits per heavy atom. The summed E-state index contributed by atoms with van der Waals surface area (Å²) in [6.45, 7) is 1.53. The average molecular weight is 252 g/mol. The fraction of sp³-hybridized carbons (Fsp3) is 0.167. The largest absolute Gasteiger partial charge is 0.421 e. The van der Waals surface area contributed by atoms with Gasteiger partial charge in [-0.3, -0.25) is 4.79 Å². The second kappa shape index (κ2) is 4.59. The normalized spacial score (nSPS) is 12.4. The first-order chi connectivity index (χ1) is 8.08. The number of halogens is 1. The average Bonchev–Trinajstić information content (AvgIpc) is 2.29. The number of fused-ring (bicyclic) bond motifs is 1. The quantitative estimate of drug-likeness (QED) is 0.658. The highest BCUT2D eigenvalue weighted by Gasteiger charge is 2.12. The van der Waals surface area contributed by atoms with Crippen LogP contribution >= 0.6 is 11.6 Å². The smallest absolute Gasteiger partial charge is 0.360 e. The molecule has 0 fully saturated rings. The first-order valence-electron chi connectivity index (χ1n) is 5.06. The maximum absolute atomic E-state index is 11.6. The minimum absolute atomic E-state index is 0.0983. The molecule has 0 aliphatic carbocycles. The van der Waals surface area contributed by atoms with Crippen LogP contribution in [0.5, 0.6) is 0 Å². The lowest BCUT2D eigenvalue weighted by molar-refractivity contribution is -0.115. The molecule has 1 heterocycles. The molecule has 0 saturated carbocycles. The Labute approximate surface area is 102 Å². The molecule has 2 aromatic rings. The minimum atomic E-state index is -0.708. The van der Waals surface area contributed by atoms with Crippen LogP contribution in [0, 0.1) is 0 Å². The van der Waals surface area contributed by atoms with Crippen molar-refractivity contribution in [2.45, 2.75) is 12.3 Å². The van der Waals surface area contributed by atoms with E-state index in [9.17, 15) is 9.59 Å². The number of alkyl halides is 1. The van der Waals surface area contributed by atoms with Crippen molar-refractivity contribution < 1.29 is 9.21 Å². The number of hydrogen-bond donors (Lipinski definition) is 1. The number of hydrogen-bond acceptors (Lipinski definition) is 3. The molecule has 0 saturated heterocycles. The summed E-state index contributed by atoms with van der Waals surface area (Å²) in [5, 5.41) is 2.46. The van der Waals surface area contributed by atoms with Gasteiger partial charge in [-0.1, -0.05) is 18.2 Å². The molecule has 1 aromatic heterocycles. The third-order valence-corrected chi connectivity index (χ3v) is 2.46. The Morgan fingerprint density at radius 3 is 2.82 bits per heavy atom. The van der Waals surface area contributed by atoms with Crippen molar-refractivity contribution in [2.24, 2.45) is 0 Å². The van der Waals surface area contributed by atoms with E-state index in [2.05, 4.69) is 5.32 Å². The summed E-state index contributed by atoms with van der Waals surface area (Å²) in [4.78, 5) is 22.9. The zero-order chi connectivity index (χ0) is 12.4. The molecule has 0 bridgehead atoms. The van der Waals surface area contributed by atoms with Crippen molar-refractivity contribution in [3.8, 4) is 0 Å². The summed E-state index contributed by atoms with van der Waals surface area (Å²) < 4.78 is 5.06. The zero-order valence-electron chi connectivity index (χ0n) is 9.07. The van der Waals surface area contributed by atoms with Gasteiger partial charge in [0, 0.05) is 5.39 Å². The van der Waals surface area contributed by atoms with Gasteiger partial charge in [-0.25, -0.2) is 4.79 Å². The van der Waals surface area contributed by atoms with E-state index in [4.69, 9.17) is 16.0 Å². The number of anilines is 1. The summed E-state index contributed by atoms with van der Waals surface area (Å²) in [5.41, 5.74) is -0.00927. The van der Waals surface area contributed by atoms with Gasteiger partial charge in [0.15, 0.2) is 0 Å². The van der Waals surface area contributed by atoms with Crippen LogP contribution in [-0.2, 0) is 4.79 Å². The molecule has 2 rings (SSSR count). The van der Waals surface area contributed by atoms with Crippen LogP contribution in [0.3, 0.4) is 0 Å². The molecule has 1 N–H and O–H groups in total. The lowest BCUT2D eigenvalue weighted by Crippen LogP contribution is -2.23. The summed E-state index contributed by atoms with van der Waals surface area (Å²) in [7, 11) is 0. The van der Waals surface area contributed by atoms with Crippen LogP contribution in [0.4, 0.5) is 5.69 Å². The Kier molecular flexibility index (Phi) is 3.15. The van der Waals surface area contributed by atoms with Crippen molar-refractivity contribution in [1.82, 2.24) is 0 Å². The standard InChI is InChI=1S/C12H10ClNO3/c1-7(13)11(15)14-9-6-8-4-2-3-5-10(8)17-12(9)16/h2-7H,1H3,(H,14,15)/t7-/m0/s1. The molecular weight excluding hydrogens is 242 g/mol. The Morgan fingerprint density at radius 1 is 1.41 bits per heavy atom. The van der Waals surface area contributed by atoms with Gasteiger partial charge in [-0.05, 0) is 19.1 Å². The van der Waals surface area contributed by atoms with E-state index in [1.54, 1.807) is 24.3 Å². The maximum atomic E-state index is 11.6. The van der Waals surface area contributed by atoms with Crippen LogP contribution in [-0.4, -0.2) is 11.3 Å². The second-order valence-electron chi connectivity index (χ2n) is 3.59. The third kappa shape index (κ3) is 2.47. The van der Waals surface area contributed by atoms with Gasteiger partial charge >= 0.3 is 5.63 Å². The number of rotatable bonds is 2. The first kappa shape index (κ1) is 11.7. The van der Waals surface area contributed by atoms with E-state index in [1.165, 1.54) is 6.92 Å². The van der Waals surface area contributed by atoms with E-state index >= 15 is 0 Å². The number of para-hydroxylation sites is 1. The second-order valence-corrected chi connectivity index (χ2v) is 4.25. The number of benzene rings is 1. The van der Waals surface area contributed by atoms with Crippen molar-refractivity contribution in [3.63, 3.8) is 0 Å². The monoisotopic (exact) mass is 251 g/mol. The van der Waals surface area contributed by atoms with E-state index in [1.807, 2.05) is 6.07 Å². The fourth-order valence-corrected chi connectivity index (χ4v) is 1.44. The third-order valence-electron chi connectivity index (χ3n) is 2.26. The summed E-state index contributed by atoms with van der Waals surface area (Å²) >= 11 is 5.60. The molecule has 0 unspecified atom stereocenters.